The Kier molecular flexibility index (Phi) is 3.12. The van der Waals surface area contributed by atoms with Crippen molar-refractivity contribution in [1.29, 1.82) is 0 Å². The molecule has 108 valence electrons. The minimum absolute atomic E-state index is 0.0213. The third-order valence-electron chi connectivity index (χ3n) is 3.76. The number of aromatic carboxylic acids is 1. The van der Waals surface area contributed by atoms with Gasteiger partial charge in [0.05, 0.1) is 11.3 Å². The Morgan fingerprint density at radius 1 is 1.14 bits per heavy atom. The van der Waals surface area contributed by atoms with E-state index < -0.39 is 23.2 Å². The van der Waals surface area contributed by atoms with E-state index in [1.54, 1.807) is 4.90 Å². The number of nitrogens with zero attached hydrogens (tertiary/aromatic N) is 1. The summed E-state index contributed by atoms with van der Waals surface area (Å²) in [5.41, 5.74) is 1.30. The molecule has 1 atom stereocenters. The highest BCUT2D eigenvalue weighted by Gasteiger charge is 2.30. The fraction of sp³-hybridized carbons (Fsp3) is 0.188. The monoisotopic (exact) mass is 289 g/mol. The summed E-state index contributed by atoms with van der Waals surface area (Å²) in [4.78, 5) is 12.6. The Bertz CT molecular complexity index is 730. The highest BCUT2D eigenvalue weighted by atomic mass is 19.2. The van der Waals surface area contributed by atoms with E-state index in [-0.39, 0.29) is 11.7 Å². The van der Waals surface area contributed by atoms with Crippen molar-refractivity contribution < 1.29 is 18.7 Å². The van der Waals surface area contributed by atoms with Crippen molar-refractivity contribution in [3.05, 3.63) is 59.2 Å². The van der Waals surface area contributed by atoms with Gasteiger partial charge in [-0.1, -0.05) is 18.2 Å². The predicted molar refractivity (Wildman–Crippen MR) is 75.1 cm³/mol. The van der Waals surface area contributed by atoms with Crippen molar-refractivity contribution in [3.8, 4) is 0 Å². The van der Waals surface area contributed by atoms with Crippen LogP contribution < -0.4 is 4.90 Å². The number of fused-ring (bicyclic) bond motifs is 1. The van der Waals surface area contributed by atoms with E-state index >= 15 is 0 Å². The first kappa shape index (κ1) is 13.5. The molecule has 1 N–H and O–H groups in total. The molecule has 1 aliphatic rings. The maximum Gasteiger partial charge on any atom is 0.338 e. The normalized spacial score (nSPS) is 16.9. The van der Waals surface area contributed by atoms with Gasteiger partial charge in [0, 0.05) is 11.7 Å². The Morgan fingerprint density at radius 2 is 1.86 bits per heavy atom. The largest absolute Gasteiger partial charge is 0.478 e. The van der Waals surface area contributed by atoms with Crippen molar-refractivity contribution in [3.63, 3.8) is 0 Å². The fourth-order valence-electron chi connectivity index (χ4n) is 2.82. The molecule has 1 unspecified atom stereocenters. The van der Waals surface area contributed by atoms with Crippen molar-refractivity contribution in [2.45, 2.75) is 19.4 Å². The highest BCUT2D eigenvalue weighted by Crippen LogP contribution is 2.39. The summed E-state index contributed by atoms with van der Waals surface area (Å²) >= 11 is 0. The zero-order valence-electron chi connectivity index (χ0n) is 11.3. The lowest BCUT2D eigenvalue weighted by Gasteiger charge is -2.25. The van der Waals surface area contributed by atoms with Crippen LogP contribution in [0.2, 0.25) is 0 Å². The van der Waals surface area contributed by atoms with E-state index in [1.165, 1.54) is 6.07 Å². The maximum atomic E-state index is 14.3. The molecule has 1 heterocycles. The second-order valence-electron chi connectivity index (χ2n) is 5.12. The molecule has 5 heteroatoms. The Morgan fingerprint density at radius 3 is 2.57 bits per heavy atom. The molecule has 3 rings (SSSR count). The molecule has 2 aromatic rings. The van der Waals surface area contributed by atoms with Gasteiger partial charge in [0.2, 0.25) is 0 Å². The summed E-state index contributed by atoms with van der Waals surface area (Å²) in [6, 6.07) is 9.94. The van der Waals surface area contributed by atoms with E-state index in [9.17, 15) is 13.6 Å². The molecule has 0 aliphatic carbocycles. The molecule has 1 aliphatic heterocycles. The van der Waals surface area contributed by atoms with Crippen LogP contribution in [-0.2, 0) is 6.42 Å². The topological polar surface area (TPSA) is 40.5 Å². The third kappa shape index (κ3) is 2.05. The standard InChI is InChI=1S/C16H13F2NO2/c1-9-8-10-4-2-3-5-12(10)19(9)13-7-6-11(16(20)21)14(17)15(13)18/h2-7,9H,8H2,1H3,(H,20,21). The number of hydrogen-bond acceptors (Lipinski definition) is 2. The van der Waals surface area contributed by atoms with Gasteiger partial charge < -0.3 is 10.0 Å². The average Bonchev–Trinajstić information content (AvgIpc) is 2.77. The van der Waals surface area contributed by atoms with Crippen LogP contribution in [0.3, 0.4) is 0 Å². The number of anilines is 2. The van der Waals surface area contributed by atoms with E-state index in [0.29, 0.717) is 0 Å². The molecule has 3 nitrogen and oxygen atoms in total. The van der Waals surface area contributed by atoms with E-state index in [4.69, 9.17) is 5.11 Å². The van der Waals surface area contributed by atoms with Crippen LogP contribution in [0.25, 0.3) is 0 Å². The molecule has 0 amide bonds. The van der Waals surface area contributed by atoms with Crippen molar-refractivity contribution >= 4 is 17.3 Å². The van der Waals surface area contributed by atoms with Gasteiger partial charge in [-0.3, -0.25) is 0 Å². The van der Waals surface area contributed by atoms with E-state index in [2.05, 4.69) is 0 Å². The fourth-order valence-corrected chi connectivity index (χ4v) is 2.82. The molecule has 2 aromatic carbocycles. The van der Waals surface area contributed by atoms with Crippen molar-refractivity contribution in [2.75, 3.05) is 4.90 Å². The summed E-state index contributed by atoms with van der Waals surface area (Å²) in [6.07, 6.45) is 0.734. The van der Waals surface area contributed by atoms with Crippen LogP contribution in [-0.4, -0.2) is 17.1 Å². The SMILES string of the molecule is CC1Cc2ccccc2N1c1ccc(C(=O)O)c(F)c1F. The first-order valence-corrected chi connectivity index (χ1v) is 6.59. The zero-order chi connectivity index (χ0) is 15.1. The molecular formula is C16H13F2NO2. The second-order valence-corrected chi connectivity index (χ2v) is 5.12. The lowest BCUT2D eigenvalue weighted by Crippen LogP contribution is -2.25. The lowest BCUT2D eigenvalue weighted by molar-refractivity contribution is 0.0690. The number of benzene rings is 2. The molecule has 0 saturated heterocycles. The first-order chi connectivity index (χ1) is 10.0. The van der Waals surface area contributed by atoms with Crippen molar-refractivity contribution in [1.82, 2.24) is 0 Å². The van der Waals surface area contributed by atoms with Gasteiger partial charge in [-0.2, -0.15) is 0 Å². The van der Waals surface area contributed by atoms with E-state index in [0.717, 1.165) is 23.7 Å². The third-order valence-corrected chi connectivity index (χ3v) is 3.76. The molecule has 0 saturated carbocycles. The van der Waals surface area contributed by atoms with Gasteiger partial charge in [-0.05, 0) is 37.1 Å². The van der Waals surface area contributed by atoms with Crippen LogP contribution in [0, 0.1) is 11.6 Å². The van der Waals surface area contributed by atoms with Crippen LogP contribution >= 0.6 is 0 Å². The second kappa shape index (κ2) is 4.84. The average molecular weight is 289 g/mol. The lowest BCUT2D eigenvalue weighted by atomic mass is 10.1. The Hall–Kier alpha value is -2.43. The molecule has 0 aromatic heterocycles. The number of para-hydroxylation sites is 1. The summed E-state index contributed by atoms with van der Waals surface area (Å²) in [5.74, 6) is -3.93. The summed E-state index contributed by atoms with van der Waals surface area (Å²) < 4.78 is 28.1. The van der Waals surface area contributed by atoms with Crippen molar-refractivity contribution in [2.24, 2.45) is 0 Å². The molecule has 0 bridgehead atoms. The first-order valence-electron chi connectivity index (χ1n) is 6.59. The number of carbonyl (C=O) groups is 1. The van der Waals surface area contributed by atoms with Crippen LogP contribution in [0.4, 0.5) is 20.2 Å². The quantitative estimate of drug-likeness (QED) is 0.915. The predicted octanol–water partition coefficient (Wildman–Crippen LogP) is 3.75. The van der Waals surface area contributed by atoms with Gasteiger partial charge in [0.1, 0.15) is 0 Å². The van der Waals surface area contributed by atoms with Crippen LogP contribution in [0.1, 0.15) is 22.8 Å². The molecule has 0 fully saturated rings. The number of halogens is 2. The van der Waals surface area contributed by atoms with Gasteiger partial charge in [-0.25, -0.2) is 13.6 Å². The van der Waals surface area contributed by atoms with Gasteiger partial charge in [0.15, 0.2) is 11.6 Å². The molecule has 0 radical (unpaired) electrons. The highest BCUT2D eigenvalue weighted by molar-refractivity contribution is 5.89. The van der Waals surface area contributed by atoms with Crippen LogP contribution in [0.5, 0.6) is 0 Å². The Labute approximate surface area is 120 Å². The summed E-state index contributed by atoms with van der Waals surface area (Å²) in [6.45, 7) is 1.92. The van der Waals surface area contributed by atoms with Gasteiger partial charge >= 0.3 is 5.97 Å². The number of rotatable bonds is 2. The zero-order valence-corrected chi connectivity index (χ0v) is 11.3. The Balaban J connectivity index is 2.14. The maximum absolute atomic E-state index is 14.3. The smallest absolute Gasteiger partial charge is 0.338 e. The van der Waals surface area contributed by atoms with Gasteiger partial charge in [0.25, 0.3) is 0 Å². The minimum Gasteiger partial charge on any atom is -0.478 e. The molecule has 21 heavy (non-hydrogen) atoms. The van der Waals surface area contributed by atoms with Gasteiger partial charge in [-0.15, -0.1) is 0 Å². The van der Waals surface area contributed by atoms with E-state index in [1.807, 2.05) is 31.2 Å². The summed E-state index contributed by atoms with van der Waals surface area (Å²) in [5, 5.41) is 8.84. The number of carboxylic acid groups (broad SMARTS) is 1. The minimum atomic E-state index is -1.48. The molecule has 0 spiro atoms. The number of carboxylic acids is 1. The number of hydrogen-bond donors (Lipinski definition) is 1. The summed E-state index contributed by atoms with van der Waals surface area (Å²) in [7, 11) is 0. The molecular weight excluding hydrogens is 276 g/mol. The van der Waals surface area contributed by atoms with Crippen LogP contribution in [0.15, 0.2) is 36.4 Å².